The molecule has 0 amide bonds. The molecule has 0 aromatic heterocycles. The SMILES string of the molecule is CC(C)CC(C)(O)CNC1CCCC(C)C1. The van der Waals surface area contributed by atoms with Crippen molar-refractivity contribution < 1.29 is 5.11 Å². The third-order valence-electron chi connectivity index (χ3n) is 3.56. The predicted octanol–water partition coefficient (Wildman–Crippen LogP) is 2.95. The maximum atomic E-state index is 10.2. The molecule has 16 heavy (non-hydrogen) atoms. The molecule has 2 N–H and O–H groups in total. The van der Waals surface area contributed by atoms with Crippen LogP contribution >= 0.6 is 0 Å². The first-order valence-electron chi connectivity index (χ1n) is 6.85. The van der Waals surface area contributed by atoms with Gasteiger partial charge in [0.1, 0.15) is 0 Å². The number of hydrogen-bond acceptors (Lipinski definition) is 2. The van der Waals surface area contributed by atoms with E-state index in [4.69, 9.17) is 0 Å². The molecule has 0 heterocycles. The largest absolute Gasteiger partial charge is 0.389 e. The summed E-state index contributed by atoms with van der Waals surface area (Å²) in [6.07, 6.45) is 6.15. The summed E-state index contributed by atoms with van der Waals surface area (Å²) >= 11 is 0. The van der Waals surface area contributed by atoms with Crippen LogP contribution in [0.2, 0.25) is 0 Å². The summed E-state index contributed by atoms with van der Waals surface area (Å²) in [7, 11) is 0. The highest BCUT2D eigenvalue weighted by molar-refractivity contribution is 4.82. The lowest BCUT2D eigenvalue weighted by Crippen LogP contribution is -2.44. The van der Waals surface area contributed by atoms with Crippen molar-refractivity contribution in [3.8, 4) is 0 Å². The van der Waals surface area contributed by atoms with E-state index in [0.717, 1.165) is 18.9 Å². The van der Waals surface area contributed by atoms with Gasteiger partial charge in [0.25, 0.3) is 0 Å². The molecule has 2 nitrogen and oxygen atoms in total. The molecule has 1 saturated carbocycles. The number of aliphatic hydroxyl groups is 1. The highest BCUT2D eigenvalue weighted by atomic mass is 16.3. The minimum Gasteiger partial charge on any atom is -0.389 e. The maximum Gasteiger partial charge on any atom is 0.0746 e. The van der Waals surface area contributed by atoms with Crippen molar-refractivity contribution in [2.24, 2.45) is 11.8 Å². The zero-order valence-corrected chi connectivity index (χ0v) is 11.4. The first kappa shape index (κ1) is 14.0. The molecule has 0 aromatic carbocycles. The number of nitrogens with one attached hydrogen (secondary N) is 1. The smallest absolute Gasteiger partial charge is 0.0746 e. The summed E-state index contributed by atoms with van der Waals surface area (Å²) in [5, 5.41) is 13.8. The van der Waals surface area contributed by atoms with Gasteiger partial charge in [0.05, 0.1) is 5.60 Å². The minimum absolute atomic E-state index is 0.547. The molecule has 3 unspecified atom stereocenters. The average molecular weight is 227 g/mol. The lowest BCUT2D eigenvalue weighted by Gasteiger charge is -2.32. The van der Waals surface area contributed by atoms with Crippen LogP contribution < -0.4 is 5.32 Å². The van der Waals surface area contributed by atoms with Crippen molar-refractivity contribution in [2.75, 3.05) is 6.54 Å². The van der Waals surface area contributed by atoms with E-state index < -0.39 is 5.60 Å². The lowest BCUT2D eigenvalue weighted by atomic mass is 9.86. The van der Waals surface area contributed by atoms with Crippen LogP contribution in [0.5, 0.6) is 0 Å². The number of hydrogen-bond donors (Lipinski definition) is 2. The van der Waals surface area contributed by atoms with E-state index in [1.165, 1.54) is 25.7 Å². The van der Waals surface area contributed by atoms with Crippen molar-refractivity contribution in [1.82, 2.24) is 5.32 Å². The van der Waals surface area contributed by atoms with Crippen LogP contribution in [0.4, 0.5) is 0 Å². The highest BCUT2D eigenvalue weighted by Gasteiger charge is 2.25. The maximum absolute atomic E-state index is 10.2. The summed E-state index contributed by atoms with van der Waals surface area (Å²) in [6, 6.07) is 0.627. The standard InChI is InChI=1S/C14H29NO/c1-11(2)9-14(4,16)10-15-13-7-5-6-12(3)8-13/h11-13,15-16H,5-10H2,1-4H3. The van der Waals surface area contributed by atoms with Crippen LogP contribution in [0.25, 0.3) is 0 Å². The predicted molar refractivity (Wildman–Crippen MR) is 69.5 cm³/mol. The minimum atomic E-state index is -0.547. The van der Waals surface area contributed by atoms with E-state index in [1.54, 1.807) is 0 Å². The Kier molecular flexibility index (Phi) is 5.26. The summed E-state index contributed by atoms with van der Waals surface area (Å²) in [6.45, 7) is 9.35. The molecule has 3 atom stereocenters. The summed E-state index contributed by atoms with van der Waals surface area (Å²) < 4.78 is 0. The zero-order chi connectivity index (χ0) is 12.2. The fourth-order valence-electron chi connectivity index (χ4n) is 2.94. The van der Waals surface area contributed by atoms with Crippen molar-refractivity contribution >= 4 is 0 Å². The molecule has 0 spiro atoms. The van der Waals surface area contributed by atoms with Crippen molar-refractivity contribution in [3.05, 3.63) is 0 Å². The Morgan fingerprint density at radius 2 is 2.06 bits per heavy atom. The van der Waals surface area contributed by atoms with Crippen molar-refractivity contribution in [3.63, 3.8) is 0 Å². The summed E-state index contributed by atoms with van der Waals surface area (Å²) in [5.74, 6) is 1.41. The van der Waals surface area contributed by atoms with Gasteiger partial charge in [-0.25, -0.2) is 0 Å². The van der Waals surface area contributed by atoms with Gasteiger partial charge < -0.3 is 10.4 Å². The Hall–Kier alpha value is -0.0800. The Balaban J connectivity index is 2.27. The van der Waals surface area contributed by atoms with E-state index in [1.807, 2.05) is 6.92 Å². The van der Waals surface area contributed by atoms with Crippen LogP contribution in [-0.4, -0.2) is 23.3 Å². The second kappa shape index (κ2) is 6.02. The molecule has 0 radical (unpaired) electrons. The Morgan fingerprint density at radius 1 is 1.38 bits per heavy atom. The van der Waals surface area contributed by atoms with E-state index in [-0.39, 0.29) is 0 Å². The van der Waals surface area contributed by atoms with E-state index >= 15 is 0 Å². The van der Waals surface area contributed by atoms with Gasteiger partial charge in [-0.05, 0) is 38.0 Å². The fraction of sp³-hybridized carbons (Fsp3) is 1.00. The molecule has 1 aliphatic carbocycles. The van der Waals surface area contributed by atoms with E-state index in [0.29, 0.717) is 12.0 Å². The Labute approximate surface area is 101 Å². The Bertz CT molecular complexity index is 201. The topological polar surface area (TPSA) is 32.3 Å². The molecule has 0 saturated heterocycles. The van der Waals surface area contributed by atoms with Gasteiger partial charge in [-0.15, -0.1) is 0 Å². The molecule has 1 aliphatic rings. The molecule has 1 rings (SSSR count). The molecule has 2 heteroatoms. The van der Waals surface area contributed by atoms with E-state index in [2.05, 4.69) is 26.1 Å². The van der Waals surface area contributed by atoms with Gasteiger partial charge in [0.15, 0.2) is 0 Å². The first-order chi connectivity index (χ1) is 7.39. The fourth-order valence-corrected chi connectivity index (χ4v) is 2.94. The first-order valence-corrected chi connectivity index (χ1v) is 6.85. The Morgan fingerprint density at radius 3 is 2.62 bits per heavy atom. The summed E-state index contributed by atoms with van der Waals surface area (Å²) in [5.41, 5.74) is -0.547. The molecule has 1 fully saturated rings. The van der Waals surface area contributed by atoms with Gasteiger partial charge in [-0.3, -0.25) is 0 Å². The van der Waals surface area contributed by atoms with Gasteiger partial charge >= 0.3 is 0 Å². The molecule has 0 bridgehead atoms. The van der Waals surface area contributed by atoms with Gasteiger partial charge in [-0.1, -0.05) is 33.6 Å². The average Bonchev–Trinajstić information content (AvgIpc) is 2.13. The third kappa shape index (κ3) is 5.31. The van der Waals surface area contributed by atoms with E-state index in [9.17, 15) is 5.11 Å². The van der Waals surface area contributed by atoms with Crippen LogP contribution in [0.3, 0.4) is 0 Å². The van der Waals surface area contributed by atoms with Crippen LogP contribution in [0, 0.1) is 11.8 Å². The van der Waals surface area contributed by atoms with Crippen molar-refractivity contribution in [2.45, 2.75) is 71.4 Å². The highest BCUT2D eigenvalue weighted by Crippen LogP contribution is 2.24. The monoisotopic (exact) mass is 227 g/mol. The van der Waals surface area contributed by atoms with Gasteiger partial charge in [-0.2, -0.15) is 0 Å². The van der Waals surface area contributed by atoms with Gasteiger partial charge in [0, 0.05) is 12.6 Å². The molecule has 96 valence electrons. The van der Waals surface area contributed by atoms with Gasteiger partial charge in [0.2, 0.25) is 0 Å². The van der Waals surface area contributed by atoms with Crippen molar-refractivity contribution in [1.29, 1.82) is 0 Å². The van der Waals surface area contributed by atoms with Crippen LogP contribution in [0.15, 0.2) is 0 Å². The normalized spacial score (nSPS) is 30.4. The lowest BCUT2D eigenvalue weighted by molar-refractivity contribution is 0.0338. The van der Waals surface area contributed by atoms with Crippen LogP contribution in [-0.2, 0) is 0 Å². The second-order valence-corrected chi connectivity index (χ2v) is 6.44. The second-order valence-electron chi connectivity index (χ2n) is 6.44. The summed E-state index contributed by atoms with van der Waals surface area (Å²) in [4.78, 5) is 0. The molecule has 0 aliphatic heterocycles. The molecule has 0 aromatic rings. The third-order valence-corrected chi connectivity index (χ3v) is 3.56. The molecular formula is C14H29NO. The van der Waals surface area contributed by atoms with Crippen LogP contribution in [0.1, 0.15) is 59.8 Å². The molecular weight excluding hydrogens is 198 g/mol. The quantitative estimate of drug-likeness (QED) is 0.757. The zero-order valence-electron chi connectivity index (χ0n) is 11.4. The number of rotatable bonds is 5.